The molecule has 0 spiro atoms. The Labute approximate surface area is 113 Å². The molecule has 20 heavy (non-hydrogen) atoms. The first-order valence-corrected chi connectivity index (χ1v) is 6.42. The molecule has 0 radical (unpaired) electrons. The Morgan fingerprint density at radius 2 is 1.75 bits per heavy atom. The van der Waals surface area contributed by atoms with Gasteiger partial charge in [0.05, 0.1) is 17.8 Å². The summed E-state index contributed by atoms with van der Waals surface area (Å²) in [7, 11) is 0. The summed E-state index contributed by atoms with van der Waals surface area (Å²) in [6.07, 6.45) is -4.50. The first-order valence-electron chi connectivity index (χ1n) is 6.42. The van der Waals surface area contributed by atoms with E-state index < -0.39 is 29.5 Å². The summed E-state index contributed by atoms with van der Waals surface area (Å²) >= 11 is 0. The Hall–Kier alpha value is -1.17. The summed E-state index contributed by atoms with van der Waals surface area (Å²) in [6, 6.07) is 1.54. The molecule has 1 heterocycles. The lowest BCUT2D eigenvalue weighted by Gasteiger charge is -2.18. The van der Waals surface area contributed by atoms with Gasteiger partial charge in [-0.1, -0.05) is 19.9 Å². The molecule has 1 aromatic carbocycles. The van der Waals surface area contributed by atoms with Crippen molar-refractivity contribution in [3.05, 3.63) is 34.9 Å². The Morgan fingerprint density at radius 1 is 1.10 bits per heavy atom. The van der Waals surface area contributed by atoms with Gasteiger partial charge in [-0.15, -0.1) is 0 Å². The van der Waals surface area contributed by atoms with Crippen molar-refractivity contribution >= 4 is 0 Å². The van der Waals surface area contributed by atoms with Crippen LogP contribution in [0.5, 0.6) is 0 Å². The number of halogens is 5. The highest BCUT2D eigenvalue weighted by molar-refractivity contribution is 5.30. The van der Waals surface area contributed by atoms with Gasteiger partial charge in [0, 0.05) is 5.56 Å². The van der Waals surface area contributed by atoms with Crippen LogP contribution < -0.4 is 0 Å². The molecule has 1 nitrogen and oxygen atoms in total. The van der Waals surface area contributed by atoms with Crippen molar-refractivity contribution in [2.24, 2.45) is 5.92 Å². The summed E-state index contributed by atoms with van der Waals surface area (Å²) in [5.41, 5.74) is -1.73. The summed E-state index contributed by atoms with van der Waals surface area (Å²) in [5.74, 6) is -3.09. The van der Waals surface area contributed by atoms with Crippen LogP contribution in [-0.2, 0) is 10.9 Å². The van der Waals surface area contributed by atoms with Gasteiger partial charge in [0.1, 0.15) is 0 Å². The zero-order chi connectivity index (χ0) is 15.1. The van der Waals surface area contributed by atoms with Crippen molar-refractivity contribution in [3.63, 3.8) is 0 Å². The molecule has 0 N–H and O–H groups in total. The van der Waals surface area contributed by atoms with E-state index in [9.17, 15) is 22.0 Å². The predicted octanol–water partition coefficient (Wildman–Crippen LogP) is 4.86. The van der Waals surface area contributed by atoms with Gasteiger partial charge in [-0.2, -0.15) is 13.2 Å². The smallest absolute Gasteiger partial charge is 0.370 e. The van der Waals surface area contributed by atoms with Crippen molar-refractivity contribution in [2.45, 2.75) is 45.1 Å². The van der Waals surface area contributed by atoms with Gasteiger partial charge in [0.25, 0.3) is 0 Å². The fourth-order valence-corrected chi connectivity index (χ4v) is 2.41. The van der Waals surface area contributed by atoms with Gasteiger partial charge in [-0.25, -0.2) is 8.78 Å². The third-order valence-electron chi connectivity index (χ3n) is 3.56. The van der Waals surface area contributed by atoms with E-state index in [0.29, 0.717) is 18.9 Å². The Bertz CT molecular complexity index is 495. The molecule has 0 aliphatic carbocycles. The average molecular weight is 294 g/mol. The fraction of sp³-hybridized carbons (Fsp3) is 0.571. The third-order valence-corrected chi connectivity index (χ3v) is 3.56. The molecule has 6 heteroatoms. The van der Waals surface area contributed by atoms with E-state index in [1.165, 1.54) is 0 Å². The SMILES string of the molecule is CC(C)[C@@H]1CC[C@H](c2ccc(C(F)(F)F)c(F)c2F)O1. The van der Waals surface area contributed by atoms with E-state index in [1.54, 1.807) is 0 Å². The van der Waals surface area contributed by atoms with Crippen LogP contribution in [-0.4, -0.2) is 6.10 Å². The van der Waals surface area contributed by atoms with Gasteiger partial charge in [0.15, 0.2) is 11.6 Å². The Morgan fingerprint density at radius 3 is 2.25 bits per heavy atom. The van der Waals surface area contributed by atoms with Crippen molar-refractivity contribution in [1.82, 2.24) is 0 Å². The summed E-state index contributed by atoms with van der Waals surface area (Å²) < 4.78 is 70.3. The molecule has 0 aromatic heterocycles. The second-order valence-corrected chi connectivity index (χ2v) is 5.31. The quantitative estimate of drug-likeness (QED) is 0.708. The van der Waals surface area contributed by atoms with E-state index in [-0.39, 0.29) is 17.6 Å². The monoisotopic (exact) mass is 294 g/mol. The third kappa shape index (κ3) is 2.80. The van der Waals surface area contributed by atoms with E-state index in [1.807, 2.05) is 13.8 Å². The van der Waals surface area contributed by atoms with Gasteiger partial charge in [0.2, 0.25) is 0 Å². The Balaban J connectivity index is 2.29. The zero-order valence-corrected chi connectivity index (χ0v) is 11.1. The second-order valence-electron chi connectivity index (χ2n) is 5.31. The predicted molar refractivity (Wildman–Crippen MR) is 63.0 cm³/mol. The van der Waals surface area contributed by atoms with Crippen LogP contribution in [0.15, 0.2) is 12.1 Å². The second kappa shape index (κ2) is 5.31. The van der Waals surface area contributed by atoms with E-state index in [0.717, 1.165) is 6.07 Å². The lowest BCUT2D eigenvalue weighted by Crippen LogP contribution is -2.15. The summed E-state index contributed by atoms with van der Waals surface area (Å²) in [5, 5.41) is 0. The maximum Gasteiger partial charge on any atom is 0.419 e. The van der Waals surface area contributed by atoms with Crippen LogP contribution in [0.4, 0.5) is 22.0 Å². The van der Waals surface area contributed by atoms with Crippen LogP contribution in [0.3, 0.4) is 0 Å². The standard InChI is InChI=1S/C14H15F5O/c1-7(2)10-5-6-11(20-10)8-3-4-9(14(17,18)19)13(16)12(8)15/h3-4,7,10-11H,5-6H2,1-2H3/t10-,11+/m0/s1. The van der Waals surface area contributed by atoms with E-state index >= 15 is 0 Å². The molecule has 1 aliphatic heterocycles. The molecule has 0 amide bonds. The maximum absolute atomic E-state index is 13.8. The van der Waals surface area contributed by atoms with Crippen LogP contribution in [0.2, 0.25) is 0 Å². The summed E-state index contributed by atoms with van der Waals surface area (Å²) in [6.45, 7) is 3.88. The molecule has 2 rings (SSSR count). The minimum Gasteiger partial charge on any atom is -0.370 e. The normalized spacial score (nSPS) is 23.6. The van der Waals surface area contributed by atoms with Crippen molar-refractivity contribution in [3.8, 4) is 0 Å². The lowest BCUT2D eigenvalue weighted by atomic mass is 10.0. The first-order chi connectivity index (χ1) is 9.21. The van der Waals surface area contributed by atoms with Crippen LogP contribution in [0.25, 0.3) is 0 Å². The number of alkyl halides is 3. The number of hydrogen-bond acceptors (Lipinski definition) is 1. The highest BCUT2D eigenvalue weighted by Gasteiger charge is 2.38. The Kier molecular flexibility index (Phi) is 4.04. The highest BCUT2D eigenvalue weighted by Crippen LogP contribution is 2.39. The van der Waals surface area contributed by atoms with Gasteiger partial charge in [-0.3, -0.25) is 0 Å². The van der Waals surface area contributed by atoms with Crippen LogP contribution in [0.1, 0.15) is 43.9 Å². The largest absolute Gasteiger partial charge is 0.419 e. The number of ether oxygens (including phenoxy) is 1. The van der Waals surface area contributed by atoms with Gasteiger partial charge >= 0.3 is 6.18 Å². The molecular formula is C14H15F5O. The molecule has 0 unspecified atom stereocenters. The number of rotatable bonds is 2. The minimum atomic E-state index is -4.90. The minimum absolute atomic E-state index is 0.0789. The molecule has 1 aromatic rings. The van der Waals surface area contributed by atoms with Crippen molar-refractivity contribution in [1.29, 1.82) is 0 Å². The first kappa shape index (κ1) is 15.2. The van der Waals surface area contributed by atoms with E-state index in [2.05, 4.69) is 0 Å². The number of benzene rings is 1. The molecule has 112 valence electrons. The van der Waals surface area contributed by atoms with Gasteiger partial charge in [-0.05, 0) is 24.8 Å². The average Bonchev–Trinajstić information content (AvgIpc) is 2.80. The maximum atomic E-state index is 13.8. The zero-order valence-electron chi connectivity index (χ0n) is 11.1. The molecule has 1 fully saturated rings. The van der Waals surface area contributed by atoms with Crippen molar-refractivity contribution in [2.75, 3.05) is 0 Å². The molecule has 0 bridgehead atoms. The van der Waals surface area contributed by atoms with Gasteiger partial charge < -0.3 is 4.74 Å². The van der Waals surface area contributed by atoms with Crippen molar-refractivity contribution < 1.29 is 26.7 Å². The molecule has 1 saturated heterocycles. The molecular weight excluding hydrogens is 279 g/mol. The molecule has 2 atom stereocenters. The fourth-order valence-electron chi connectivity index (χ4n) is 2.41. The lowest BCUT2D eigenvalue weighted by molar-refractivity contribution is -0.140. The van der Waals surface area contributed by atoms with E-state index in [4.69, 9.17) is 4.74 Å². The summed E-state index contributed by atoms with van der Waals surface area (Å²) in [4.78, 5) is 0. The topological polar surface area (TPSA) is 9.23 Å². The highest BCUT2D eigenvalue weighted by atomic mass is 19.4. The number of hydrogen-bond donors (Lipinski definition) is 0. The molecule has 0 saturated carbocycles. The van der Waals surface area contributed by atoms with Crippen LogP contribution in [0, 0.1) is 17.6 Å². The molecule has 1 aliphatic rings. The van der Waals surface area contributed by atoms with Crippen LogP contribution >= 0.6 is 0 Å².